The summed E-state index contributed by atoms with van der Waals surface area (Å²) >= 11 is 9.54. The highest BCUT2D eigenvalue weighted by Crippen LogP contribution is 2.35. The molecule has 29 heavy (non-hydrogen) atoms. The molecule has 0 aromatic heterocycles. The maximum atomic E-state index is 12.9. The first-order valence-corrected chi connectivity index (χ1v) is 11.2. The normalized spacial score (nSPS) is 14.8. The summed E-state index contributed by atoms with van der Waals surface area (Å²) < 4.78 is 70.9. The fourth-order valence-corrected chi connectivity index (χ4v) is 4.90. The van der Waals surface area contributed by atoms with Gasteiger partial charge in [-0.1, -0.05) is 33.6 Å². The van der Waals surface area contributed by atoms with Crippen LogP contribution in [0.25, 0.3) is 0 Å². The van der Waals surface area contributed by atoms with Crippen LogP contribution in [0.4, 0.5) is 18.9 Å². The van der Waals surface area contributed by atoms with Gasteiger partial charge in [0, 0.05) is 4.47 Å². The monoisotopic (exact) mass is 512 g/mol. The summed E-state index contributed by atoms with van der Waals surface area (Å²) in [5.41, 5.74) is 2.04. The van der Waals surface area contributed by atoms with Gasteiger partial charge in [0.2, 0.25) is 0 Å². The second-order valence-corrected chi connectivity index (χ2v) is 9.36. The van der Waals surface area contributed by atoms with Crippen LogP contribution in [-0.4, -0.2) is 34.3 Å². The molecule has 1 aliphatic heterocycles. The Hall–Kier alpha value is -1.49. The molecule has 158 valence electrons. The number of sulfonamides is 1. The molecule has 0 fully saturated rings. The summed E-state index contributed by atoms with van der Waals surface area (Å²) in [6.45, 7) is -0.100. The zero-order valence-electron chi connectivity index (χ0n) is 14.9. The van der Waals surface area contributed by atoms with Crippen molar-refractivity contribution >= 4 is 43.2 Å². The highest BCUT2D eigenvalue weighted by Gasteiger charge is 2.30. The number of nitrogens with one attached hydrogen (secondary N) is 2. The average Bonchev–Trinajstić information content (AvgIpc) is 2.87. The topological polar surface area (TPSA) is 67.4 Å². The molecular formula is C18H17BrClF3N2O3S. The summed E-state index contributed by atoms with van der Waals surface area (Å²) in [5, 5.41) is 3.53. The number of anilines is 1. The molecule has 0 atom stereocenters. The third-order valence-corrected chi connectivity index (χ3v) is 6.62. The van der Waals surface area contributed by atoms with Crippen LogP contribution in [0, 0.1) is 0 Å². The van der Waals surface area contributed by atoms with Crippen LogP contribution < -0.4 is 14.8 Å². The van der Waals surface area contributed by atoms with Crippen LogP contribution in [0.1, 0.15) is 11.1 Å². The molecule has 2 N–H and O–H groups in total. The maximum absolute atomic E-state index is 12.9. The third-order valence-electron chi connectivity index (χ3n) is 4.29. The van der Waals surface area contributed by atoms with Gasteiger partial charge in [-0.15, -0.1) is 0 Å². The van der Waals surface area contributed by atoms with Gasteiger partial charge in [-0.25, -0.2) is 8.42 Å². The molecule has 0 bridgehead atoms. The summed E-state index contributed by atoms with van der Waals surface area (Å²) in [6.07, 6.45) is -3.20. The summed E-state index contributed by atoms with van der Waals surface area (Å²) in [7, 11) is -4.25. The lowest BCUT2D eigenvalue weighted by Crippen LogP contribution is -2.21. The van der Waals surface area contributed by atoms with Crippen LogP contribution in [0.15, 0.2) is 39.7 Å². The van der Waals surface area contributed by atoms with Gasteiger partial charge in [0.05, 0.1) is 10.7 Å². The van der Waals surface area contributed by atoms with E-state index in [4.69, 9.17) is 16.3 Å². The van der Waals surface area contributed by atoms with Gasteiger partial charge in [0.15, 0.2) is 6.61 Å². The smallest absolute Gasteiger partial charge is 0.422 e. The summed E-state index contributed by atoms with van der Waals surface area (Å²) in [4.78, 5) is -0.419. The van der Waals surface area contributed by atoms with E-state index >= 15 is 0 Å². The van der Waals surface area contributed by atoms with Crippen LogP contribution in [0.2, 0.25) is 5.02 Å². The minimum Gasteiger partial charge on any atom is -0.483 e. The molecule has 0 radical (unpaired) electrons. The van der Waals surface area contributed by atoms with Gasteiger partial charge >= 0.3 is 6.18 Å². The minimum atomic E-state index is -4.61. The molecule has 0 saturated carbocycles. The highest BCUT2D eigenvalue weighted by molar-refractivity contribution is 9.10. The van der Waals surface area contributed by atoms with Gasteiger partial charge < -0.3 is 10.1 Å². The third kappa shape index (κ3) is 5.56. The summed E-state index contributed by atoms with van der Waals surface area (Å²) in [6, 6.07) is 7.09. The van der Waals surface area contributed by atoms with Crippen molar-refractivity contribution in [1.29, 1.82) is 0 Å². The number of rotatable bonds is 5. The van der Waals surface area contributed by atoms with Crippen molar-refractivity contribution in [2.24, 2.45) is 0 Å². The van der Waals surface area contributed by atoms with Crippen LogP contribution in [-0.2, 0) is 22.9 Å². The molecule has 5 nitrogen and oxygen atoms in total. The van der Waals surface area contributed by atoms with Gasteiger partial charge in [-0.3, -0.25) is 4.72 Å². The highest BCUT2D eigenvalue weighted by atomic mass is 79.9. The second-order valence-electron chi connectivity index (χ2n) is 6.42. The first kappa shape index (κ1) is 22.2. The molecule has 2 aromatic rings. The Kier molecular flexibility index (Phi) is 6.67. The fraction of sp³-hybridized carbons (Fsp3) is 0.333. The number of alkyl halides is 3. The molecule has 2 aromatic carbocycles. The van der Waals surface area contributed by atoms with E-state index in [0.717, 1.165) is 24.1 Å². The van der Waals surface area contributed by atoms with Gasteiger partial charge in [-0.2, -0.15) is 13.2 Å². The van der Waals surface area contributed by atoms with Crippen molar-refractivity contribution in [3.8, 4) is 5.75 Å². The number of halogens is 5. The first-order valence-electron chi connectivity index (χ1n) is 8.60. The lowest BCUT2D eigenvalue weighted by molar-refractivity contribution is -0.153. The number of fused-ring (bicyclic) bond motifs is 1. The molecule has 3 rings (SSSR count). The molecule has 0 saturated heterocycles. The zero-order valence-corrected chi connectivity index (χ0v) is 18.1. The van der Waals surface area contributed by atoms with Gasteiger partial charge in [0.25, 0.3) is 10.0 Å². The van der Waals surface area contributed by atoms with Crippen molar-refractivity contribution in [3.63, 3.8) is 0 Å². The van der Waals surface area contributed by atoms with E-state index in [9.17, 15) is 21.6 Å². The lowest BCUT2D eigenvalue weighted by atomic mass is 10.0. The Morgan fingerprint density at radius 3 is 2.62 bits per heavy atom. The molecule has 11 heteroatoms. The quantitative estimate of drug-likeness (QED) is 0.616. The van der Waals surface area contributed by atoms with E-state index < -0.39 is 33.5 Å². The first-order chi connectivity index (χ1) is 13.6. The van der Waals surface area contributed by atoms with Crippen molar-refractivity contribution in [3.05, 3.63) is 51.0 Å². The molecule has 0 spiro atoms. The molecule has 1 aliphatic rings. The Morgan fingerprint density at radius 2 is 1.90 bits per heavy atom. The number of benzene rings is 2. The Morgan fingerprint density at radius 1 is 1.17 bits per heavy atom. The SMILES string of the molecule is O=S(=O)(Nc1ccc2c(c1Cl)CCNCC2)c1ccc(Br)cc1OCC(F)(F)F. The Bertz CT molecular complexity index is 1020. The number of hydrogen-bond donors (Lipinski definition) is 2. The predicted molar refractivity (Wildman–Crippen MR) is 108 cm³/mol. The van der Waals surface area contributed by atoms with Crippen molar-refractivity contribution in [2.75, 3.05) is 24.4 Å². The Balaban J connectivity index is 1.93. The molecule has 0 unspecified atom stereocenters. The predicted octanol–water partition coefficient (Wildman–Crippen LogP) is 4.53. The molecular weight excluding hydrogens is 497 g/mol. The van der Waals surface area contributed by atoms with E-state index in [1.54, 1.807) is 12.1 Å². The molecule has 1 heterocycles. The van der Waals surface area contributed by atoms with E-state index in [0.29, 0.717) is 17.4 Å². The summed E-state index contributed by atoms with van der Waals surface area (Å²) in [5.74, 6) is -0.417. The molecule has 0 amide bonds. The van der Waals surface area contributed by atoms with Crippen molar-refractivity contribution in [1.82, 2.24) is 5.32 Å². The van der Waals surface area contributed by atoms with Gasteiger partial charge in [-0.05, 0) is 61.3 Å². The Labute approximate surface area is 179 Å². The van der Waals surface area contributed by atoms with E-state index in [-0.39, 0.29) is 10.7 Å². The standard InChI is InChI=1S/C18H17BrClF3N2O3S/c19-12-2-4-16(15(9-12)28-10-18(21,22)23)29(26,27)25-14-3-1-11-5-7-24-8-6-13(11)17(14)20/h1-4,9,24-25H,5-8,10H2. The van der Waals surface area contributed by atoms with Crippen LogP contribution >= 0.6 is 27.5 Å². The second kappa shape index (κ2) is 8.71. The van der Waals surface area contributed by atoms with E-state index in [1.165, 1.54) is 18.2 Å². The van der Waals surface area contributed by atoms with Crippen molar-refractivity contribution in [2.45, 2.75) is 23.9 Å². The van der Waals surface area contributed by atoms with Crippen molar-refractivity contribution < 1.29 is 26.3 Å². The van der Waals surface area contributed by atoms with Crippen LogP contribution in [0.3, 0.4) is 0 Å². The van der Waals surface area contributed by atoms with E-state index in [2.05, 4.69) is 26.0 Å². The largest absolute Gasteiger partial charge is 0.483 e. The number of hydrogen-bond acceptors (Lipinski definition) is 4. The van der Waals surface area contributed by atoms with E-state index in [1.807, 2.05) is 0 Å². The molecule has 0 aliphatic carbocycles. The average molecular weight is 514 g/mol. The minimum absolute atomic E-state index is 0.164. The van der Waals surface area contributed by atoms with Gasteiger partial charge in [0.1, 0.15) is 10.6 Å². The fourth-order valence-electron chi connectivity index (χ4n) is 2.98. The maximum Gasteiger partial charge on any atom is 0.422 e. The zero-order chi connectivity index (χ0) is 21.2. The lowest BCUT2D eigenvalue weighted by Gasteiger charge is -2.17. The van der Waals surface area contributed by atoms with Crippen LogP contribution in [0.5, 0.6) is 5.75 Å². The number of ether oxygens (including phenoxy) is 1.